The summed E-state index contributed by atoms with van der Waals surface area (Å²) in [5.41, 5.74) is 6.95. The van der Waals surface area contributed by atoms with Crippen LogP contribution in [-0.2, 0) is 4.79 Å². The molecule has 0 aliphatic rings. The number of para-hydroxylation sites is 1. The molecule has 0 atom stereocenters. The van der Waals surface area contributed by atoms with Crippen LogP contribution in [0.15, 0.2) is 54.6 Å². The predicted molar refractivity (Wildman–Crippen MR) is 100 cm³/mol. The second kappa shape index (κ2) is 8.73. The Labute approximate surface area is 146 Å². The molecule has 126 valence electrons. The zero-order chi connectivity index (χ0) is 17.4. The normalized spacial score (nSPS) is 9.75. The standard InChI is InChI=1S/C17H20N4O2S/c1-21(2)14-9-6-10-15(11-14)23-12-16(22)19-20-17(24)18-13-7-4-3-5-8-13/h3-11H,12H2,1-2H3,(H,19,22)(H2,18,20,24). The Morgan fingerprint density at radius 3 is 2.54 bits per heavy atom. The Balaban J connectivity index is 1.73. The first-order valence-electron chi connectivity index (χ1n) is 7.35. The van der Waals surface area contributed by atoms with E-state index in [4.69, 9.17) is 17.0 Å². The SMILES string of the molecule is CN(C)c1cccc(OCC(=O)NNC(=S)Nc2ccccc2)c1. The maximum absolute atomic E-state index is 11.8. The first-order valence-corrected chi connectivity index (χ1v) is 7.76. The van der Waals surface area contributed by atoms with Gasteiger partial charge in [0.25, 0.3) is 5.91 Å². The highest BCUT2D eigenvalue weighted by molar-refractivity contribution is 7.80. The van der Waals surface area contributed by atoms with Crippen molar-refractivity contribution in [2.75, 3.05) is 30.9 Å². The molecule has 7 heteroatoms. The predicted octanol–water partition coefficient (Wildman–Crippen LogP) is 2.15. The van der Waals surface area contributed by atoms with Crippen LogP contribution in [0.25, 0.3) is 0 Å². The molecule has 0 heterocycles. The van der Waals surface area contributed by atoms with Gasteiger partial charge in [-0.25, -0.2) is 0 Å². The molecular weight excluding hydrogens is 324 g/mol. The van der Waals surface area contributed by atoms with Crippen LogP contribution in [0.1, 0.15) is 0 Å². The van der Waals surface area contributed by atoms with Gasteiger partial charge in [-0.2, -0.15) is 0 Å². The minimum atomic E-state index is -0.331. The lowest BCUT2D eigenvalue weighted by molar-refractivity contribution is -0.123. The van der Waals surface area contributed by atoms with E-state index in [-0.39, 0.29) is 12.5 Å². The van der Waals surface area contributed by atoms with Gasteiger partial charge in [0.1, 0.15) is 5.75 Å². The van der Waals surface area contributed by atoms with Gasteiger partial charge in [0.05, 0.1) is 0 Å². The molecule has 0 unspecified atom stereocenters. The van der Waals surface area contributed by atoms with Crippen LogP contribution in [0.3, 0.4) is 0 Å². The third-order valence-electron chi connectivity index (χ3n) is 3.05. The molecule has 0 fully saturated rings. The zero-order valence-electron chi connectivity index (χ0n) is 13.6. The van der Waals surface area contributed by atoms with E-state index in [0.717, 1.165) is 11.4 Å². The third-order valence-corrected chi connectivity index (χ3v) is 3.26. The van der Waals surface area contributed by atoms with E-state index in [1.807, 2.05) is 67.5 Å². The number of nitrogens with one attached hydrogen (secondary N) is 3. The zero-order valence-corrected chi connectivity index (χ0v) is 14.4. The lowest BCUT2D eigenvalue weighted by atomic mass is 10.3. The number of hydrogen-bond donors (Lipinski definition) is 3. The summed E-state index contributed by atoms with van der Waals surface area (Å²) in [5.74, 6) is 0.295. The van der Waals surface area contributed by atoms with Crippen molar-refractivity contribution in [3.8, 4) is 5.75 Å². The van der Waals surface area contributed by atoms with Crippen molar-refractivity contribution in [2.24, 2.45) is 0 Å². The quantitative estimate of drug-likeness (QED) is 0.571. The van der Waals surface area contributed by atoms with Gasteiger partial charge in [0.15, 0.2) is 11.7 Å². The van der Waals surface area contributed by atoms with Crippen molar-refractivity contribution in [1.29, 1.82) is 0 Å². The van der Waals surface area contributed by atoms with Crippen molar-refractivity contribution in [3.05, 3.63) is 54.6 Å². The molecule has 1 amide bonds. The Morgan fingerprint density at radius 1 is 1.08 bits per heavy atom. The molecule has 6 nitrogen and oxygen atoms in total. The fraction of sp³-hybridized carbons (Fsp3) is 0.176. The van der Waals surface area contributed by atoms with Crippen LogP contribution in [0.4, 0.5) is 11.4 Å². The second-order valence-corrected chi connectivity index (χ2v) is 5.58. The minimum Gasteiger partial charge on any atom is -0.484 e. The molecule has 0 bridgehead atoms. The Morgan fingerprint density at radius 2 is 1.83 bits per heavy atom. The Bertz CT molecular complexity index is 692. The molecule has 0 aliphatic heterocycles. The van der Waals surface area contributed by atoms with E-state index in [0.29, 0.717) is 10.9 Å². The largest absolute Gasteiger partial charge is 0.484 e. The maximum Gasteiger partial charge on any atom is 0.276 e. The molecular formula is C17H20N4O2S. The monoisotopic (exact) mass is 344 g/mol. The van der Waals surface area contributed by atoms with Crippen molar-refractivity contribution < 1.29 is 9.53 Å². The van der Waals surface area contributed by atoms with E-state index < -0.39 is 0 Å². The number of hydrogen-bond acceptors (Lipinski definition) is 4. The summed E-state index contributed by atoms with van der Waals surface area (Å²) in [6.07, 6.45) is 0. The fourth-order valence-corrected chi connectivity index (χ4v) is 2.02. The third kappa shape index (κ3) is 5.77. The average Bonchev–Trinajstić information content (AvgIpc) is 2.59. The number of amides is 1. The van der Waals surface area contributed by atoms with E-state index in [9.17, 15) is 4.79 Å². The van der Waals surface area contributed by atoms with Gasteiger partial charge in [0, 0.05) is 31.5 Å². The first kappa shape index (κ1) is 17.6. The van der Waals surface area contributed by atoms with Crippen LogP contribution in [0.5, 0.6) is 5.75 Å². The summed E-state index contributed by atoms with van der Waals surface area (Å²) in [4.78, 5) is 13.8. The number of carbonyl (C=O) groups is 1. The molecule has 0 radical (unpaired) electrons. The molecule has 2 rings (SSSR count). The highest BCUT2D eigenvalue weighted by atomic mass is 32.1. The van der Waals surface area contributed by atoms with Gasteiger partial charge < -0.3 is 15.0 Å². The second-order valence-electron chi connectivity index (χ2n) is 5.17. The Hall–Kier alpha value is -2.80. The molecule has 0 saturated carbocycles. The highest BCUT2D eigenvalue weighted by Crippen LogP contribution is 2.19. The number of hydrazine groups is 1. The topological polar surface area (TPSA) is 65.6 Å². The van der Waals surface area contributed by atoms with Crippen LogP contribution < -0.4 is 25.8 Å². The summed E-state index contributed by atoms with van der Waals surface area (Å²) in [5, 5.41) is 3.25. The van der Waals surface area contributed by atoms with Gasteiger partial charge in [-0.1, -0.05) is 24.3 Å². The number of benzene rings is 2. The highest BCUT2D eigenvalue weighted by Gasteiger charge is 2.05. The average molecular weight is 344 g/mol. The van der Waals surface area contributed by atoms with Gasteiger partial charge in [-0.05, 0) is 36.5 Å². The number of rotatable bonds is 5. The summed E-state index contributed by atoms with van der Waals surface area (Å²) < 4.78 is 5.47. The van der Waals surface area contributed by atoms with E-state index in [1.54, 1.807) is 6.07 Å². The van der Waals surface area contributed by atoms with Crippen LogP contribution in [0, 0.1) is 0 Å². The molecule has 2 aromatic carbocycles. The molecule has 3 N–H and O–H groups in total. The smallest absolute Gasteiger partial charge is 0.276 e. The van der Waals surface area contributed by atoms with E-state index >= 15 is 0 Å². The minimum absolute atomic E-state index is 0.113. The molecule has 0 aromatic heterocycles. The van der Waals surface area contributed by atoms with Gasteiger partial charge in [0.2, 0.25) is 0 Å². The van der Waals surface area contributed by atoms with Crippen LogP contribution in [0.2, 0.25) is 0 Å². The number of thiocarbonyl (C=S) groups is 1. The molecule has 0 aliphatic carbocycles. The van der Waals surface area contributed by atoms with Gasteiger partial charge in [-0.3, -0.25) is 15.6 Å². The fourth-order valence-electron chi connectivity index (χ4n) is 1.85. The summed E-state index contributed by atoms with van der Waals surface area (Å²) in [7, 11) is 3.88. The lowest BCUT2D eigenvalue weighted by Gasteiger charge is -2.14. The molecule has 0 saturated heterocycles. The van der Waals surface area contributed by atoms with Gasteiger partial charge >= 0.3 is 0 Å². The lowest BCUT2D eigenvalue weighted by Crippen LogP contribution is -2.45. The molecule has 0 spiro atoms. The number of ether oxygens (including phenoxy) is 1. The number of carbonyl (C=O) groups excluding carboxylic acids is 1. The maximum atomic E-state index is 11.8. The molecule has 24 heavy (non-hydrogen) atoms. The van der Waals surface area contributed by atoms with Crippen LogP contribution in [-0.4, -0.2) is 31.7 Å². The van der Waals surface area contributed by atoms with Crippen LogP contribution >= 0.6 is 12.2 Å². The van der Waals surface area contributed by atoms with Crippen molar-refractivity contribution >= 4 is 34.6 Å². The summed E-state index contributed by atoms with van der Waals surface area (Å²) in [6.45, 7) is -0.113. The summed E-state index contributed by atoms with van der Waals surface area (Å²) >= 11 is 5.09. The first-order chi connectivity index (χ1) is 11.5. The number of anilines is 2. The summed E-state index contributed by atoms with van der Waals surface area (Å²) in [6, 6.07) is 16.9. The van der Waals surface area contributed by atoms with Crippen molar-refractivity contribution in [1.82, 2.24) is 10.9 Å². The van der Waals surface area contributed by atoms with E-state index in [2.05, 4.69) is 16.2 Å². The number of nitrogens with zero attached hydrogens (tertiary/aromatic N) is 1. The van der Waals surface area contributed by atoms with Gasteiger partial charge in [-0.15, -0.1) is 0 Å². The van der Waals surface area contributed by atoms with E-state index in [1.165, 1.54) is 0 Å². The van der Waals surface area contributed by atoms with Crippen molar-refractivity contribution in [3.63, 3.8) is 0 Å². The Kier molecular flexibility index (Phi) is 6.39. The van der Waals surface area contributed by atoms with Crippen molar-refractivity contribution in [2.45, 2.75) is 0 Å². The molecule has 2 aromatic rings.